The van der Waals surface area contributed by atoms with Crippen molar-refractivity contribution in [2.75, 3.05) is 42.6 Å². The van der Waals surface area contributed by atoms with E-state index in [1.165, 1.54) is 4.31 Å². The lowest BCUT2D eigenvalue weighted by molar-refractivity contribution is -0.137. The minimum atomic E-state index is -4.70. The summed E-state index contributed by atoms with van der Waals surface area (Å²) in [5.74, 6) is -1.43. The molecular formula is C28H40F3N7O4S. The van der Waals surface area contributed by atoms with Gasteiger partial charge < -0.3 is 20.9 Å². The van der Waals surface area contributed by atoms with Crippen molar-refractivity contribution in [2.45, 2.75) is 65.7 Å². The smallest absolute Gasteiger partial charge is 0.366 e. The van der Waals surface area contributed by atoms with Crippen molar-refractivity contribution in [1.82, 2.24) is 24.5 Å². The molecule has 238 valence electrons. The predicted molar refractivity (Wildman–Crippen MR) is 158 cm³/mol. The maximum atomic E-state index is 13.8. The summed E-state index contributed by atoms with van der Waals surface area (Å²) in [6.45, 7) is 6.23. The molecule has 1 aromatic carbocycles. The standard InChI is InChI=1S/C27H36F3N7O4S.CH4/c1-4-42(40,41)37-14-12-36(13-15-37)25(39)18-8-10-19(11-9-18)33-26-31-16-21(27(28,29)30)23(35-26)34-22-7-5-6-20(22)24(38)32-17(2)3;/h8-11,16-17,20,22H,4-7,12-15H2,1-3H3,(H,32,38)(H2,31,33,34,35);1H4/t20-,22+;/m0./s1. The number of anilines is 3. The Hall–Kier alpha value is -3.46. The van der Waals surface area contributed by atoms with Gasteiger partial charge in [0, 0.05) is 55.7 Å². The minimum Gasteiger partial charge on any atom is -0.366 e. The van der Waals surface area contributed by atoms with Crippen LogP contribution >= 0.6 is 0 Å². The molecule has 1 saturated heterocycles. The zero-order chi connectivity index (χ0) is 30.7. The van der Waals surface area contributed by atoms with Crippen LogP contribution in [0.15, 0.2) is 30.5 Å². The number of sulfonamides is 1. The van der Waals surface area contributed by atoms with Gasteiger partial charge in [0.2, 0.25) is 21.9 Å². The number of alkyl halides is 3. The fourth-order valence-electron chi connectivity index (χ4n) is 5.13. The van der Waals surface area contributed by atoms with Crippen molar-refractivity contribution in [3.8, 4) is 0 Å². The molecule has 0 unspecified atom stereocenters. The molecule has 2 aliphatic rings. The Morgan fingerprint density at radius 1 is 1.07 bits per heavy atom. The quantitative estimate of drug-likeness (QED) is 0.378. The summed E-state index contributed by atoms with van der Waals surface area (Å²) in [6, 6.07) is 5.71. The molecule has 0 spiro atoms. The molecule has 3 N–H and O–H groups in total. The zero-order valence-corrected chi connectivity index (χ0v) is 24.6. The number of piperazine rings is 1. The largest absolute Gasteiger partial charge is 0.421 e. The number of nitrogens with one attached hydrogen (secondary N) is 3. The number of rotatable bonds is 9. The number of carbonyl (C=O) groups is 2. The van der Waals surface area contributed by atoms with Crippen molar-refractivity contribution in [2.24, 2.45) is 5.92 Å². The predicted octanol–water partition coefficient (Wildman–Crippen LogP) is 4.09. The van der Waals surface area contributed by atoms with Gasteiger partial charge in [0.05, 0.1) is 11.7 Å². The maximum Gasteiger partial charge on any atom is 0.421 e. The van der Waals surface area contributed by atoms with E-state index >= 15 is 0 Å². The monoisotopic (exact) mass is 627 g/mol. The SMILES string of the molecule is C.CCS(=O)(=O)N1CCN(C(=O)c2ccc(Nc3ncc(C(F)(F)F)c(N[C@@H]4CCC[C@@H]4C(=O)NC(C)C)n3)cc2)CC1. The van der Waals surface area contributed by atoms with Gasteiger partial charge >= 0.3 is 6.18 Å². The van der Waals surface area contributed by atoms with Gasteiger partial charge in [-0.15, -0.1) is 0 Å². The first-order valence-electron chi connectivity index (χ1n) is 13.9. The van der Waals surface area contributed by atoms with Crippen molar-refractivity contribution in [1.29, 1.82) is 0 Å². The van der Waals surface area contributed by atoms with Gasteiger partial charge in [-0.05, 0) is 57.9 Å². The number of hydrogen-bond acceptors (Lipinski definition) is 8. The van der Waals surface area contributed by atoms with Crippen LogP contribution in [-0.2, 0) is 21.0 Å². The molecule has 1 saturated carbocycles. The van der Waals surface area contributed by atoms with E-state index in [1.807, 2.05) is 13.8 Å². The minimum absolute atomic E-state index is 0. The maximum absolute atomic E-state index is 13.8. The van der Waals surface area contributed by atoms with Gasteiger partial charge in [-0.2, -0.15) is 22.5 Å². The molecular weight excluding hydrogens is 587 g/mol. The molecule has 4 rings (SSSR count). The summed E-state index contributed by atoms with van der Waals surface area (Å²) in [5.41, 5.74) is -0.197. The third-order valence-corrected chi connectivity index (χ3v) is 9.25. The molecule has 2 amide bonds. The highest BCUT2D eigenvalue weighted by Crippen LogP contribution is 2.36. The fraction of sp³-hybridized carbons (Fsp3) is 0.571. The van der Waals surface area contributed by atoms with Crippen molar-refractivity contribution in [3.05, 3.63) is 41.6 Å². The van der Waals surface area contributed by atoms with Gasteiger partial charge in [-0.25, -0.2) is 13.4 Å². The molecule has 2 fully saturated rings. The zero-order valence-electron chi connectivity index (χ0n) is 23.7. The average molecular weight is 628 g/mol. The Labute approximate surface area is 250 Å². The number of hydrogen-bond donors (Lipinski definition) is 3. The Bertz CT molecular complexity index is 1380. The lowest BCUT2D eigenvalue weighted by Gasteiger charge is -2.33. The van der Waals surface area contributed by atoms with Crippen LogP contribution in [0.4, 0.5) is 30.6 Å². The van der Waals surface area contributed by atoms with Crippen LogP contribution < -0.4 is 16.0 Å². The molecule has 1 aliphatic heterocycles. The summed E-state index contributed by atoms with van der Waals surface area (Å²) in [4.78, 5) is 35.1. The van der Waals surface area contributed by atoms with Crippen LogP contribution in [-0.4, -0.2) is 83.4 Å². The second-order valence-corrected chi connectivity index (χ2v) is 13.0. The second kappa shape index (κ2) is 13.9. The Kier molecular flexibility index (Phi) is 11.0. The van der Waals surface area contributed by atoms with Crippen LogP contribution in [0, 0.1) is 5.92 Å². The lowest BCUT2D eigenvalue weighted by Crippen LogP contribution is -2.50. The van der Waals surface area contributed by atoms with E-state index in [0.717, 1.165) is 0 Å². The Balaban J connectivity index is 0.00000506. The topological polar surface area (TPSA) is 137 Å². The molecule has 0 radical (unpaired) electrons. The number of aromatic nitrogens is 2. The third kappa shape index (κ3) is 8.34. The van der Waals surface area contributed by atoms with Gasteiger partial charge in [0.25, 0.3) is 5.91 Å². The third-order valence-electron chi connectivity index (χ3n) is 7.37. The highest BCUT2D eigenvalue weighted by atomic mass is 32.2. The number of carbonyl (C=O) groups excluding carboxylic acids is 2. The van der Waals surface area contributed by atoms with Crippen LogP contribution in [0.3, 0.4) is 0 Å². The molecule has 0 bridgehead atoms. The van der Waals surface area contributed by atoms with Crippen molar-refractivity contribution >= 4 is 39.3 Å². The molecule has 1 aliphatic carbocycles. The van der Waals surface area contributed by atoms with Crippen LogP contribution in [0.1, 0.15) is 63.4 Å². The first kappa shape index (κ1) is 34.0. The summed E-state index contributed by atoms with van der Waals surface area (Å²) in [6.07, 6.45) is -2.22. The Morgan fingerprint density at radius 3 is 2.30 bits per heavy atom. The number of amides is 2. The van der Waals surface area contributed by atoms with E-state index in [2.05, 4.69) is 25.9 Å². The summed E-state index contributed by atoms with van der Waals surface area (Å²) < 4.78 is 66.9. The number of nitrogens with zero attached hydrogens (tertiary/aromatic N) is 4. The van der Waals surface area contributed by atoms with E-state index in [4.69, 9.17) is 0 Å². The van der Waals surface area contributed by atoms with E-state index in [1.54, 1.807) is 36.1 Å². The number of halogens is 3. The average Bonchev–Trinajstić information content (AvgIpc) is 3.40. The highest BCUT2D eigenvalue weighted by molar-refractivity contribution is 7.89. The van der Waals surface area contributed by atoms with Crippen molar-refractivity contribution in [3.63, 3.8) is 0 Å². The molecule has 2 aromatic rings. The van der Waals surface area contributed by atoms with Gasteiger partial charge in [-0.1, -0.05) is 13.8 Å². The normalized spacial score (nSPS) is 19.6. The van der Waals surface area contributed by atoms with Crippen LogP contribution in [0.25, 0.3) is 0 Å². The molecule has 43 heavy (non-hydrogen) atoms. The highest BCUT2D eigenvalue weighted by Gasteiger charge is 2.39. The molecule has 1 aromatic heterocycles. The van der Waals surface area contributed by atoms with Gasteiger partial charge in [0.15, 0.2) is 0 Å². The van der Waals surface area contributed by atoms with E-state index in [9.17, 15) is 31.2 Å². The van der Waals surface area contributed by atoms with Crippen molar-refractivity contribution < 1.29 is 31.2 Å². The molecule has 11 nitrogen and oxygen atoms in total. The molecule has 15 heteroatoms. The van der Waals surface area contributed by atoms with E-state index < -0.39 is 39.5 Å². The second-order valence-electron chi connectivity index (χ2n) is 10.7. The van der Waals surface area contributed by atoms with Gasteiger partial charge in [0.1, 0.15) is 11.4 Å². The first-order chi connectivity index (χ1) is 19.8. The van der Waals surface area contributed by atoms with Crippen LogP contribution in [0.5, 0.6) is 0 Å². The van der Waals surface area contributed by atoms with Crippen LogP contribution in [0.2, 0.25) is 0 Å². The van der Waals surface area contributed by atoms with E-state index in [0.29, 0.717) is 36.7 Å². The molecule has 2 atom stereocenters. The fourth-order valence-corrected chi connectivity index (χ4v) is 6.22. The first-order valence-corrected chi connectivity index (χ1v) is 15.5. The van der Waals surface area contributed by atoms with Gasteiger partial charge in [-0.3, -0.25) is 9.59 Å². The lowest BCUT2D eigenvalue weighted by atomic mass is 10.0. The number of benzene rings is 1. The summed E-state index contributed by atoms with van der Waals surface area (Å²) in [7, 11) is -3.31. The summed E-state index contributed by atoms with van der Waals surface area (Å²) in [5, 5.41) is 8.57. The Morgan fingerprint density at radius 2 is 1.72 bits per heavy atom. The summed E-state index contributed by atoms with van der Waals surface area (Å²) >= 11 is 0. The molecule has 2 heterocycles. The van der Waals surface area contributed by atoms with E-state index in [-0.39, 0.29) is 63.2 Å².